The predicted molar refractivity (Wildman–Crippen MR) is 84.9 cm³/mol. The molecule has 2 N–H and O–H groups in total. The largest absolute Gasteiger partial charge is 0.356 e. The Morgan fingerprint density at radius 1 is 1.33 bits per heavy atom. The third-order valence-electron chi connectivity index (χ3n) is 2.52. The number of nitrogens with one attached hydrogen (secondary N) is 2. The first-order valence-electron chi connectivity index (χ1n) is 6.25. The number of aryl methyl sites for hydroxylation is 1. The van der Waals surface area contributed by atoms with E-state index in [4.69, 9.17) is 0 Å². The summed E-state index contributed by atoms with van der Waals surface area (Å²) in [5, 5.41) is 6.67. The SMILES string of the molecule is CN=C(NCCCCSC)NCc1ccc(C)s1. The third-order valence-corrected chi connectivity index (χ3v) is 4.21. The molecule has 0 saturated carbocycles. The van der Waals surface area contributed by atoms with Crippen molar-refractivity contribution in [2.45, 2.75) is 26.3 Å². The van der Waals surface area contributed by atoms with Crippen molar-refractivity contribution in [2.75, 3.05) is 25.6 Å². The first-order chi connectivity index (χ1) is 8.76. The number of hydrogen-bond donors (Lipinski definition) is 2. The second-order valence-electron chi connectivity index (χ2n) is 4.06. The molecule has 1 aromatic heterocycles. The summed E-state index contributed by atoms with van der Waals surface area (Å²) in [6.45, 7) is 3.97. The van der Waals surface area contributed by atoms with E-state index in [-0.39, 0.29) is 0 Å². The Hall–Kier alpha value is -0.680. The molecular weight excluding hydrogens is 262 g/mol. The van der Waals surface area contributed by atoms with E-state index in [1.54, 1.807) is 0 Å². The molecule has 1 aromatic rings. The minimum atomic E-state index is 0.850. The maximum absolute atomic E-state index is 4.22. The van der Waals surface area contributed by atoms with Crippen molar-refractivity contribution in [3.8, 4) is 0 Å². The van der Waals surface area contributed by atoms with Gasteiger partial charge in [0, 0.05) is 23.3 Å². The average Bonchev–Trinajstić information content (AvgIpc) is 2.78. The number of guanidine groups is 1. The number of nitrogens with zero attached hydrogens (tertiary/aromatic N) is 1. The number of rotatable bonds is 7. The monoisotopic (exact) mass is 285 g/mol. The maximum atomic E-state index is 4.22. The van der Waals surface area contributed by atoms with Crippen molar-refractivity contribution in [3.63, 3.8) is 0 Å². The van der Waals surface area contributed by atoms with Crippen LogP contribution in [0.3, 0.4) is 0 Å². The Bertz CT molecular complexity index is 361. The van der Waals surface area contributed by atoms with Crippen molar-refractivity contribution in [2.24, 2.45) is 4.99 Å². The summed E-state index contributed by atoms with van der Waals surface area (Å²) in [6, 6.07) is 4.32. The number of thiophene rings is 1. The molecular formula is C13H23N3S2. The van der Waals surface area contributed by atoms with Gasteiger partial charge in [-0.1, -0.05) is 0 Å². The molecule has 0 aromatic carbocycles. The Labute approximate surface area is 118 Å². The molecule has 0 fully saturated rings. The first-order valence-corrected chi connectivity index (χ1v) is 8.46. The number of aliphatic imine (C=N–C) groups is 1. The van der Waals surface area contributed by atoms with Crippen LogP contribution in [-0.4, -0.2) is 31.6 Å². The van der Waals surface area contributed by atoms with E-state index < -0.39 is 0 Å². The standard InChI is InChI=1S/C13H23N3S2/c1-11-6-7-12(18-11)10-16-13(14-2)15-8-4-5-9-17-3/h6-7H,4-5,8-10H2,1-3H3,(H2,14,15,16). The van der Waals surface area contributed by atoms with Gasteiger partial charge in [-0.05, 0) is 43.9 Å². The van der Waals surface area contributed by atoms with Crippen molar-refractivity contribution >= 4 is 29.1 Å². The third kappa shape index (κ3) is 6.31. The molecule has 18 heavy (non-hydrogen) atoms. The van der Waals surface area contributed by atoms with Gasteiger partial charge in [0.2, 0.25) is 0 Å². The second-order valence-corrected chi connectivity index (χ2v) is 6.42. The fourth-order valence-corrected chi connectivity index (χ4v) is 2.87. The van der Waals surface area contributed by atoms with Crippen LogP contribution in [0.5, 0.6) is 0 Å². The molecule has 0 saturated heterocycles. The summed E-state index contributed by atoms with van der Waals surface area (Å²) >= 11 is 3.73. The number of unbranched alkanes of at least 4 members (excludes halogenated alkanes) is 1. The van der Waals surface area contributed by atoms with E-state index in [0.29, 0.717) is 0 Å². The van der Waals surface area contributed by atoms with Crippen molar-refractivity contribution in [1.82, 2.24) is 10.6 Å². The zero-order valence-corrected chi connectivity index (χ0v) is 13.1. The van der Waals surface area contributed by atoms with Crippen LogP contribution in [0.4, 0.5) is 0 Å². The minimum Gasteiger partial charge on any atom is -0.356 e. The number of thioether (sulfide) groups is 1. The molecule has 5 heteroatoms. The van der Waals surface area contributed by atoms with Crippen LogP contribution < -0.4 is 10.6 Å². The minimum absolute atomic E-state index is 0.850. The highest BCUT2D eigenvalue weighted by Crippen LogP contribution is 2.14. The fourth-order valence-electron chi connectivity index (χ4n) is 1.55. The molecule has 0 aliphatic rings. The first kappa shape index (κ1) is 15.4. The Morgan fingerprint density at radius 3 is 2.78 bits per heavy atom. The number of hydrogen-bond acceptors (Lipinski definition) is 3. The second kappa shape index (κ2) is 9.28. The summed E-state index contributed by atoms with van der Waals surface area (Å²) < 4.78 is 0. The topological polar surface area (TPSA) is 36.4 Å². The summed E-state index contributed by atoms with van der Waals surface area (Å²) in [7, 11) is 1.82. The molecule has 3 nitrogen and oxygen atoms in total. The van der Waals surface area contributed by atoms with Crippen LogP contribution in [0.15, 0.2) is 17.1 Å². The van der Waals surface area contributed by atoms with Crippen LogP contribution in [0, 0.1) is 6.92 Å². The molecule has 102 valence electrons. The highest BCUT2D eigenvalue weighted by atomic mass is 32.2. The van der Waals surface area contributed by atoms with Crippen LogP contribution in [0.2, 0.25) is 0 Å². The van der Waals surface area contributed by atoms with Gasteiger partial charge in [0.1, 0.15) is 0 Å². The molecule has 0 unspecified atom stereocenters. The molecule has 0 spiro atoms. The van der Waals surface area contributed by atoms with E-state index >= 15 is 0 Å². The smallest absolute Gasteiger partial charge is 0.191 e. The molecule has 0 aliphatic heterocycles. The van der Waals surface area contributed by atoms with Gasteiger partial charge in [-0.3, -0.25) is 4.99 Å². The summed E-state index contributed by atoms with van der Waals surface area (Å²) in [6.07, 6.45) is 4.60. The van der Waals surface area contributed by atoms with Crippen molar-refractivity contribution < 1.29 is 0 Å². The zero-order chi connectivity index (χ0) is 13.2. The lowest BCUT2D eigenvalue weighted by atomic mass is 10.3. The van der Waals surface area contributed by atoms with E-state index in [0.717, 1.165) is 19.0 Å². The maximum Gasteiger partial charge on any atom is 0.191 e. The van der Waals surface area contributed by atoms with Crippen LogP contribution in [0.1, 0.15) is 22.6 Å². The predicted octanol–water partition coefficient (Wildman–Crippen LogP) is 2.86. The summed E-state index contributed by atoms with van der Waals surface area (Å²) in [5.41, 5.74) is 0. The van der Waals surface area contributed by atoms with Crippen LogP contribution in [0.25, 0.3) is 0 Å². The van der Waals surface area contributed by atoms with Gasteiger partial charge < -0.3 is 10.6 Å². The quantitative estimate of drug-likeness (QED) is 0.459. The molecule has 0 aliphatic carbocycles. The van der Waals surface area contributed by atoms with Gasteiger partial charge in [0.15, 0.2) is 5.96 Å². The van der Waals surface area contributed by atoms with Gasteiger partial charge in [0.25, 0.3) is 0 Å². The Morgan fingerprint density at radius 2 is 2.17 bits per heavy atom. The van der Waals surface area contributed by atoms with Gasteiger partial charge >= 0.3 is 0 Å². The average molecular weight is 285 g/mol. The Kier molecular flexibility index (Phi) is 7.93. The lowest BCUT2D eigenvalue weighted by Crippen LogP contribution is -2.37. The lowest BCUT2D eigenvalue weighted by molar-refractivity contribution is 0.734. The molecule has 0 bridgehead atoms. The highest BCUT2D eigenvalue weighted by Gasteiger charge is 1.99. The van der Waals surface area contributed by atoms with Crippen LogP contribution >= 0.6 is 23.1 Å². The van der Waals surface area contributed by atoms with E-state index in [2.05, 4.69) is 40.9 Å². The normalized spacial score (nSPS) is 11.6. The van der Waals surface area contributed by atoms with Gasteiger partial charge in [-0.15, -0.1) is 11.3 Å². The van der Waals surface area contributed by atoms with Crippen LogP contribution in [-0.2, 0) is 6.54 Å². The van der Waals surface area contributed by atoms with E-state index in [9.17, 15) is 0 Å². The van der Waals surface area contributed by atoms with Crippen molar-refractivity contribution in [3.05, 3.63) is 21.9 Å². The zero-order valence-electron chi connectivity index (χ0n) is 11.5. The molecule has 0 atom stereocenters. The molecule has 1 rings (SSSR count). The highest BCUT2D eigenvalue weighted by molar-refractivity contribution is 7.98. The Balaban J connectivity index is 2.18. The van der Waals surface area contributed by atoms with Gasteiger partial charge in [0.05, 0.1) is 6.54 Å². The molecule has 1 heterocycles. The van der Waals surface area contributed by atoms with Gasteiger partial charge in [-0.2, -0.15) is 11.8 Å². The van der Waals surface area contributed by atoms with E-state index in [1.165, 1.54) is 28.3 Å². The van der Waals surface area contributed by atoms with Gasteiger partial charge in [-0.25, -0.2) is 0 Å². The van der Waals surface area contributed by atoms with Crippen molar-refractivity contribution in [1.29, 1.82) is 0 Å². The molecule has 0 amide bonds. The lowest BCUT2D eigenvalue weighted by Gasteiger charge is -2.10. The summed E-state index contributed by atoms with van der Waals surface area (Å²) in [5.74, 6) is 2.13. The molecule has 0 radical (unpaired) electrons. The summed E-state index contributed by atoms with van der Waals surface area (Å²) in [4.78, 5) is 6.92. The fraction of sp³-hybridized carbons (Fsp3) is 0.615. The van der Waals surface area contributed by atoms with E-state index in [1.807, 2.05) is 30.1 Å².